The third-order valence-electron chi connectivity index (χ3n) is 6.53. The SMILES string of the molecule is CCCN(CCC)C(=O)c1cccc(C(=O)N[C@@H](Cc2ccccc2)C(CNCc2cccc(OC)c2)=NO)c1. The largest absolute Gasteiger partial charge is 0.497 e. The van der Waals surface area contributed by atoms with Crippen molar-refractivity contribution in [1.82, 2.24) is 15.5 Å². The van der Waals surface area contributed by atoms with Gasteiger partial charge in [-0.2, -0.15) is 0 Å². The summed E-state index contributed by atoms with van der Waals surface area (Å²) in [6, 6.07) is 23.6. The molecule has 0 aliphatic carbocycles. The van der Waals surface area contributed by atoms with Gasteiger partial charge in [0.05, 0.1) is 18.9 Å². The van der Waals surface area contributed by atoms with Crippen LogP contribution in [-0.4, -0.2) is 60.4 Å². The smallest absolute Gasteiger partial charge is 0.253 e. The first kappa shape index (κ1) is 30.4. The fourth-order valence-corrected chi connectivity index (χ4v) is 4.52. The van der Waals surface area contributed by atoms with Gasteiger partial charge in [-0.05, 0) is 60.7 Å². The summed E-state index contributed by atoms with van der Waals surface area (Å²) in [4.78, 5) is 28.4. The van der Waals surface area contributed by atoms with E-state index in [1.165, 1.54) is 0 Å². The molecule has 0 radical (unpaired) electrons. The van der Waals surface area contributed by atoms with E-state index in [9.17, 15) is 14.8 Å². The molecule has 2 amide bonds. The third-order valence-corrected chi connectivity index (χ3v) is 6.53. The molecule has 0 aromatic heterocycles. The number of nitrogens with zero attached hydrogens (tertiary/aromatic N) is 2. The van der Waals surface area contributed by atoms with Crippen molar-refractivity contribution < 1.29 is 19.5 Å². The minimum Gasteiger partial charge on any atom is -0.497 e. The van der Waals surface area contributed by atoms with Gasteiger partial charge in [-0.3, -0.25) is 9.59 Å². The molecule has 8 nitrogen and oxygen atoms in total. The summed E-state index contributed by atoms with van der Waals surface area (Å²) >= 11 is 0. The molecule has 0 saturated heterocycles. The number of hydrogen-bond acceptors (Lipinski definition) is 6. The highest BCUT2D eigenvalue weighted by molar-refractivity contribution is 6.02. The van der Waals surface area contributed by atoms with Crippen LogP contribution < -0.4 is 15.4 Å². The van der Waals surface area contributed by atoms with Crippen molar-refractivity contribution in [3.05, 3.63) is 101 Å². The van der Waals surface area contributed by atoms with Crippen LogP contribution in [0.5, 0.6) is 5.75 Å². The zero-order valence-corrected chi connectivity index (χ0v) is 23.6. The highest BCUT2D eigenvalue weighted by Crippen LogP contribution is 2.14. The number of benzene rings is 3. The Morgan fingerprint density at radius 1 is 0.900 bits per heavy atom. The van der Waals surface area contributed by atoms with Gasteiger partial charge in [0.15, 0.2) is 0 Å². The highest BCUT2D eigenvalue weighted by atomic mass is 16.5. The monoisotopic (exact) mass is 544 g/mol. The predicted octanol–water partition coefficient (Wildman–Crippen LogP) is 4.92. The Labute approximate surface area is 237 Å². The fourth-order valence-electron chi connectivity index (χ4n) is 4.52. The topological polar surface area (TPSA) is 103 Å². The van der Waals surface area contributed by atoms with E-state index in [-0.39, 0.29) is 18.4 Å². The Bertz CT molecular complexity index is 1260. The molecule has 3 aromatic rings. The molecule has 0 aliphatic rings. The summed E-state index contributed by atoms with van der Waals surface area (Å²) in [5.74, 6) is 0.332. The number of ether oxygens (including phenoxy) is 1. The van der Waals surface area contributed by atoms with Gasteiger partial charge in [0, 0.05) is 37.3 Å². The van der Waals surface area contributed by atoms with Gasteiger partial charge in [0.25, 0.3) is 11.8 Å². The van der Waals surface area contributed by atoms with E-state index in [1.54, 1.807) is 31.4 Å². The van der Waals surface area contributed by atoms with E-state index in [4.69, 9.17) is 4.74 Å². The number of rotatable bonds is 15. The lowest BCUT2D eigenvalue weighted by atomic mass is 10.0. The first-order valence-corrected chi connectivity index (χ1v) is 13.8. The van der Waals surface area contributed by atoms with Crippen LogP contribution in [0.1, 0.15) is 58.5 Å². The molecule has 0 bridgehead atoms. The lowest BCUT2D eigenvalue weighted by molar-refractivity contribution is 0.0755. The van der Waals surface area contributed by atoms with Crippen LogP contribution in [0.25, 0.3) is 0 Å². The van der Waals surface area contributed by atoms with E-state index in [0.29, 0.717) is 42.9 Å². The maximum atomic E-state index is 13.4. The normalized spacial score (nSPS) is 12.0. The number of carbonyl (C=O) groups is 2. The third kappa shape index (κ3) is 8.95. The van der Waals surface area contributed by atoms with E-state index < -0.39 is 6.04 Å². The molecule has 0 fully saturated rings. The highest BCUT2D eigenvalue weighted by Gasteiger charge is 2.22. The van der Waals surface area contributed by atoms with E-state index in [0.717, 1.165) is 29.7 Å². The average molecular weight is 545 g/mol. The minimum absolute atomic E-state index is 0.0847. The summed E-state index contributed by atoms with van der Waals surface area (Å²) in [6.45, 7) is 6.20. The Morgan fingerprint density at radius 3 is 2.25 bits per heavy atom. The number of hydrogen-bond donors (Lipinski definition) is 3. The van der Waals surface area contributed by atoms with Crippen LogP contribution >= 0.6 is 0 Å². The van der Waals surface area contributed by atoms with E-state index >= 15 is 0 Å². The predicted molar refractivity (Wildman–Crippen MR) is 158 cm³/mol. The second-order valence-electron chi connectivity index (χ2n) is 9.64. The van der Waals surface area contributed by atoms with Crippen LogP contribution in [0.2, 0.25) is 0 Å². The van der Waals surface area contributed by atoms with Crippen LogP contribution in [0, 0.1) is 0 Å². The fraction of sp³-hybridized carbons (Fsp3) is 0.344. The van der Waals surface area contributed by atoms with Crippen LogP contribution in [-0.2, 0) is 13.0 Å². The summed E-state index contributed by atoms with van der Waals surface area (Å²) < 4.78 is 5.29. The summed E-state index contributed by atoms with van der Waals surface area (Å²) in [7, 11) is 1.62. The molecule has 0 saturated carbocycles. The molecule has 0 unspecified atom stereocenters. The van der Waals surface area contributed by atoms with Crippen molar-refractivity contribution >= 4 is 17.5 Å². The van der Waals surface area contributed by atoms with Crippen molar-refractivity contribution in [3.8, 4) is 5.75 Å². The first-order chi connectivity index (χ1) is 19.5. The van der Waals surface area contributed by atoms with Crippen molar-refractivity contribution in [2.45, 2.75) is 45.7 Å². The molecule has 8 heteroatoms. The number of methoxy groups -OCH3 is 1. The second-order valence-corrected chi connectivity index (χ2v) is 9.64. The molecule has 0 aliphatic heterocycles. The van der Waals surface area contributed by atoms with E-state index in [2.05, 4.69) is 15.8 Å². The molecule has 3 N–H and O–H groups in total. The van der Waals surface area contributed by atoms with Gasteiger partial charge >= 0.3 is 0 Å². The van der Waals surface area contributed by atoms with Crippen LogP contribution in [0.4, 0.5) is 0 Å². The first-order valence-electron chi connectivity index (χ1n) is 13.8. The molecule has 1 atom stereocenters. The zero-order valence-electron chi connectivity index (χ0n) is 23.6. The molecule has 0 heterocycles. The molecular weight excluding hydrogens is 504 g/mol. The van der Waals surface area contributed by atoms with Gasteiger partial charge in [0.1, 0.15) is 5.75 Å². The molecule has 40 heavy (non-hydrogen) atoms. The Morgan fingerprint density at radius 2 is 1.57 bits per heavy atom. The molecule has 3 rings (SSSR count). The average Bonchev–Trinajstić information content (AvgIpc) is 2.99. The Hall–Kier alpha value is -4.17. The standard InChI is InChI=1S/C32H40N4O4/c1-4-17-36(18-5-2)32(38)27-15-10-14-26(21-27)31(37)34-29(20-24-11-7-6-8-12-24)30(35-39)23-33-22-25-13-9-16-28(19-25)40-3/h6-16,19,21,29,33,39H,4-5,17-18,20,22-23H2,1-3H3,(H,34,37)/t29-/m0/s1. The molecule has 3 aromatic carbocycles. The van der Waals surface area contributed by atoms with Gasteiger partial charge in [-0.15, -0.1) is 0 Å². The van der Waals surface area contributed by atoms with Gasteiger partial charge in [-0.25, -0.2) is 0 Å². The maximum absolute atomic E-state index is 13.4. The zero-order chi connectivity index (χ0) is 28.7. The summed E-state index contributed by atoms with van der Waals surface area (Å²) in [5, 5.41) is 19.8. The van der Waals surface area contributed by atoms with Crippen molar-refractivity contribution in [2.75, 3.05) is 26.7 Å². The lowest BCUT2D eigenvalue weighted by Crippen LogP contribution is -2.46. The number of amides is 2. The molecule has 0 spiro atoms. The van der Waals surface area contributed by atoms with Crippen LogP contribution in [0.15, 0.2) is 84.0 Å². The van der Waals surface area contributed by atoms with Gasteiger partial charge < -0.3 is 25.5 Å². The second kappa shape index (κ2) is 16.1. The van der Waals surface area contributed by atoms with E-state index in [1.807, 2.05) is 73.3 Å². The minimum atomic E-state index is -0.575. The Kier molecular flexibility index (Phi) is 12.2. The maximum Gasteiger partial charge on any atom is 0.253 e. The van der Waals surface area contributed by atoms with Crippen molar-refractivity contribution in [2.24, 2.45) is 5.16 Å². The number of carbonyl (C=O) groups excluding carboxylic acids is 2. The Balaban J connectivity index is 1.76. The lowest BCUT2D eigenvalue weighted by Gasteiger charge is -2.22. The number of oxime groups is 1. The van der Waals surface area contributed by atoms with Gasteiger partial charge in [0.2, 0.25) is 0 Å². The van der Waals surface area contributed by atoms with Crippen molar-refractivity contribution in [1.29, 1.82) is 0 Å². The summed E-state index contributed by atoms with van der Waals surface area (Å²) in [6.07, 6.45) is 2.16. The number of nitrogens with one attached hydrogen (secondary N) is 2. The van der Waals surface area contributed by atoms with Crippen molar-refractivity contribution in [3.63, 3.8) is 0 Å². The van der Waals surface area contributed by atoms with Gasteiger partial charge in [-0.1, -0.05) is 67.5 Å². The quantitative estimate of drug-likeness (QED) is 0.143. The van der Waals surface area contributed by atoms with Crippen LogP contribution in [0.3, 0.4) is 0 Å². The summed E-state index contributed by atoms with van der Waals surface area (Å²) in [5.41, 5.74) is 3.25. The molecular formula is C32H40N4O4. The molecule has 212 valence electrons.